The second-order valence-corrected chi connectivity index (χ2v) is 2.47. The Balaban J connectivity index is 3.02. The molecule has 1 aromatic rings. The summed E-state index contributed by atoms with van der Waals surface area (Å²) >= 11 is 0. The third kappa shape index (κ3) is 1.65. The summed E-state index contributed by atoms with van der Waals surface area (Å²) in [7, 11) is 0. The smallest absolute Gasteiger partial charge is 0.0656 e. The molecule has 2 nitrogen and oxygen atoms in total. The van der Waals surface area contributed by atoms with Gasteiger partial charge in [0.05, 0.1) is 11.7 Å². The van der Waals surface area contributed by atoms with E-state index in [9.17, 15) is 0 Å². The molecule has 1 heterocycles. The Bertz CT molecular complexity index is 255. The van der Waals surface area contributed by atoms with Crippen LogP contribution in [0.15, 0.2) is 31.0 Å². The summed E-state index contributed by atoms with van der Waals surface area (Å²) < 4.78 is 0. The maximum atomic E-state index is 5.71. The van der Waals surface area contributed by atoms with Crippen LogP contribution in [0.4, 0.5) is 0 Å². The van der Waals surface area contributed by atoms with Crippen LogP contribution in [0.1, 0.15) is 17.3 Å². The fourth-order valence-corrected chi connectivity index (χ4v) is 0.958. The molecule has 1 atom stereocenters. The summed E-state index contributed by atoms with van der Waals surface area (Å²) in [6.07, 6.45) is 3.43. The highest BCUT2D eigenvalue weighted by Gasteiger charge is 2.03. The predicted octanol–water partition coefficient (Wildman–Crippen LogP) is 1.58. The molecule has 0 radical (unpaired) electrons. The zero-order valence-electron chi connectivity index (χ0n) is 6.62. The van der Waals surface area contributed by atoms with E-state index in [0.717, 1.165) is 11.3 Å². The Morgan fingerprint density at radius 2 is 2.45 bits per heavy atom. The highest BCUT2D eigenvalue weighted by atomic mass is 14.8. The lowest BCUT2D eigenvalue weighted by atomic mass is 10.1. The van der Waals surface area contributed by atoms with Crippen LogP contribution >= 0.6 is 0 Å². The monoisotopic (exact) mass is 148 g/mol. The lowest BCUT2D eigenvalue weighted by Gasteiger charge is -2.07. The number of rotatable bonds is 2. The van der Waals surface area contributed by atoms with Gasteiger partial charge in [-0.3, -0.25) is 4.98 Å². The van der Waals surface area contributed by atoms with Crippen molar-refractivity contribution in [2.75, 3.05) is 0 Å². The van der Waals surface area contributed by atoms with Crippen LogP contribution in [0.2, 0.25) is 0 Å². The van der Waals surface area contributed by atoms with Crippen molar-refractivity contribution in [1.82, 2.24) is 4.98 Å². The van der Waals surface area contributed by atoms with E-state index < -0.39 is 0 Å². The van der Waals surface area contributed by atoms with Crippen LogP contribution in [0.3, 0.4) is 0 Å². The van der Waals surface area contributed by atoms with Crippen molar-refractivity contribution in [3.8, 4) is 0 Å². The largest absolute Gasteiger partial charge is 0.319 e. The Labute approximate surface area is 66.8 Å². The molecule has 2 N–H and O–H groups in total. The molecule has 0 aliphatic carbocycles. The molecule has 0 amide bonds. The molecule has 0 aromatic carbocycles. The van der Waals surface area contributed by atoms with E-state index in [1.807, 2.05) is 19.1 Å². The molecule has 0 saturated heterocycles. The minimum absolute atomic E-state index is 0.142. The maximum Gasteiger partial charge on any atom is 0.0656 e. The van der Waals surface area contributed by atoms with Gasteiger partial charge in [-0.2, -0.15) is 0 Å². The molecule has 58 valence electrons. The summed E-state index contributed by atoms with van der Waals surface area (Å²) in [6.45, 7) is 5.60. The molecule has 0 aliphatic heterocycles. The third-order valence-electron chi connectivity index (χ3n) is 1.62. The summed E-state index contributed by atoms with van der Waals surface area (Å²) in [5.41, 5.74) is 7.73. The van der Waals surface area contributed by atoms with Crippen LogP contribution in [-0.4, -0.2) is 4.98 Å². The van der Waals surface area contributed by atoms with E-state index in [4.69, 9.17) is 5.73 Å². The van der Waals surface area contributed by atoms with Crippen LogP contribution in [-0.2, 0) is 0 Å². The number of nitrogens with two attached hydrogens (primary N) is 1. The van der Waals surface area contributed by atoms with Gasteiger partial charge < -0.3 is 5.73 Å². The Kier molecular flexibility index (Phi) is 2.39. The molecule has 1 aromatic heterocycles. The average molecular weight is 148 g/mol. The zero-order valence-corrected chi connectivity index (χ0v) is 6.62. The van der Waals surface area contributed by atoms with Crippen molar-refractivity contribution in [3.63, 3.8) is 0 Å². The molecule has 0 fully saturated rings. The second kappa shape index (κ2) is 3.30. The summed E-state index contributed by atoms with van der Waals surface area (Å²) in [5, 5.41) is 0. The highest BCUT2D eigenvalue weighted by Crippen LogP contribution is 2.11. The van der Waals surface area contributed by atoms with Crippen LogP contribution in [0.25, 0.3) is 0 Å². The first-order valence-corrected chi connectivity index (χ1v) is 3.55. The van der Waals surface area contributed by atoms with Crippen molar-refractivity contribution >= 4 is 0 Å². The van der Waals surface area contributed by atoms with Crippen molar-refractivity contribution in [3.05, 3.63) is 42.2 Å². The van der Waals surface area contributed by atoms with Gasteiger partial charge in [0.2, 0.25) is 0 Å². The molecule has 2 heteroatoms. The van der Waals surface area contributed by atoms with Crippen LogP contribution in [0, 0.1) is 6.92 Å². The molecular weight excluding hydrogens is 136 g/mol. The van der Waals surface area contributed by atoms with Crippen LogP contribution < -0.4 is 5.73 Å². The summed E-state index contributed by atoms with van der Waals surface area (Å²) in [5.74, 6) is 0. The topological polar surface area (TPSA) is 38.9 Å². The fraction of sp³-hybridized carbons (Fsp3) is 0.222. The van der Waals surface area contributed by atoms with E-state index >= 15 is 0 Å². The van der Waals surface area contributed by atoms with Gasteiger partial charge in [-0.1, -0.05) is 12.1 Å². The zero-order chi connectivity index (χ0) is 8.27. The van der Waals surface area contributed by atoms with Gasteiger partial charge in [-0.05, 0) is 18.6 Å². The van der Waals surface area contributed by atoms with Crippen molar-refractivity contribution in [2.45, 2.75) is 13.0 Å². The molecule has 1 rings (SSSR count). The van der Waals surface area contributed by atoms with Gasteiger partial charge in [-0.15, -0.1) is 6.58 Å². The third-order valence-corrected chi connectivity index (χ3v) is 1.62. The van der Waals surface area contributed by atoms with E-state index in [1.54, 1.807) is 12.3 Å². The predicted molar refractivity (Wildman–Crippen MR) is 46.1 cm³/mol. The number of nitrogens with zero attached hydrogens (tertiary/aromatic N) is 1. The standard InChI is InChI=1S/C9H12N2/c1-3-8(10)9-7(2)5-4-6-11-9/h3-6,8H,1,10H2,2H3/t8-/m0/s1. The average Bonchev–Trinajstić information content (AvgIpc) is 2.04. The summed E-state index contributed by atoms with van der Waals surface area (Å²) in [6, 6.07) is 3.75. The summed E-state index contributed by atoms with van der Waals surface area (Å²) in [4.78, 5) is 4.15. The minimum Gasteiger partial charge on any atom is -0.319 e. The normalized spacial score (nSPS) is 12.5. The highest BCUT2D eigenvalue weighted by molar-refractivity contribution is 5.23. The van der Waals surface area contributed by atoms with Gasteiger partial charge in [0.1, 0.15) is 0 Å². The fourth-order valence-electron chi connectivity index (χ4n) is 0.958. The van der Waals surface area contributed by atoms with Crippen LogP contribution in [0.5, 0.6) is 0 Å². The SMILES string of the molecule is C=C[C@H](N)c1ncccc1C. The first kappa shape index (κ1) is 7.95. The number of hydrogen-bond acceptors (Lipinski definition) is 2. The van der Waals surface area contributed by atoms with E-state index in [-0.39, 0.29) is 6.04 Å². The molecule has 0 bridgehead atoms. The quantitative estimate of drug-likeness (QED) is 0.646. The van der Waals surface area contributed by atoms with Gasteiger partial charge in [0, 0.05) is 6.20 Å². The lowest BCUT2D eigenvalue weighted by Crippen LogP contribution is -2.09. The first-order valence-electron chi connectivity index (χ1n) is 3.55. The Morgan fingerprint density at radius 3 is 3.00 bits per heavy atom. The van der Waals surface area contributed by atoms with E-state index in [2.05, 4.69) is 11.6 Å². The first-order chi connectivity index (χ1) is 5.25. The van der Waals surface area contributed by atoms with Gasteiger partial charge in [0.15, 0.2) is 0 Å². The molecule has 0 aliphatic rings. The van der Waals surface area contributed by atoms with Crippen molar-refractivity contribution < 1.29 is 0 Å². The molecule has 11 heavy (non-hydrogen) atoms. The maximum absolute atomic E-state index is 5.71. The van der Waals surface area contributed by atoms with Gasteiger partial charge >= 0.3 is 0 Å². The number of aryl methyl sites for hydroxylation is 1. The van der Waals surface area contributed by atoms with Gasteiger partial charge in [-0.25, -0.2) is 0 Å². The number of pyridine rings is 1. The van der Waals surface area contributed by atoms with Crippen molar-refractivity contribution in [2.24, 2.45) is 5.73 Å². The molecule has 0 unspecified atom stereocenters. The van der Waals surface area contributed by atoms with Gasteiger partial charge in [0.25, 0.3) is 0 Å². The second-order valence-electron chi connectivity index (χ2n) is 2.47. The molecular formula is C9H12N2. The Morgan fingerprint density at radius 1 is 1.73 bits per heavy atom. The molecule has 0 saturated carbocycles. The molecule has 0 spiro atoms. The number of aromatic nitrogens is 1. The van der Waals surface area contributed by atoms with E-state index in [1.165, 1.54) is 0 Å². The Hall–Kier alpha value is -1.15. The lowest BCUT2D eigenvalue weighted by molar-refractivity contribution is 0.851. The number of hydrogen-bond donors (Lipinski definition) is 1. The minimum atomic E-state index is -0.142. The van der Waals surface area contributed by atoms with Crippen molar-refractivity contribution in [1.29, 1.82) is 0 Å². The van der Waals surface area contributed by atoms with E-state index in [0.29, 0.717) is 0 Å².